The van der Waals surface area contributed by atoms with Crippen LogP contribution in [0.2, 0.25) is 0 Å². The molecule has 1 aliphatic rings. The fraction of sp³-hybridized carbons (Fsp3) is 0.571. The van der Waals surface area contributed by atoms with Crippen molar-refractivity contribution < 1.29 is 13.2 Å². The lowest BCUT2D eigenvalue weighted by Crippen LogP contribution is -2.40. The molecule has 1 aromatic rings. The second kappa shape index (κ2) is 6.11. The van der Waals surface area contributed by atoms with Gasteiger partial charge in [-0.1, -0.05) is 6.07 Å². The Morgan fingerprint density at radius 3 is 2.60 bits per heavy atom. The van der Waals surface area contributed by atoms with Crippen molar-refractivity contribution in [2.45, 2.75) is 37.6 Å². The highest BCUT2D eigenvalue weighted by Gasteiger charge is 2.25. The number of benzene rings is 1. The van der Waals surface area contributed by atoms with E-state index in [2.05, 4.69) is 4.72 Å². The van der Waals surface area contributed by atoms with E-state index in [1.807, 2.05) is 13.8 Å². The third-order valence-corrected chi connectivity index (χ3v) is 5.43. The van der Waals surface area contributed by atoms with Crippen LogP contribution in [-0.4, -0.2) is 27.7 Å². The molecule has 1 unspecified atom stereocenters. The van der Waals surface area contributed by atoms with E-state index < -0.39 is 10.0 Å². The van der Waals surface area contributed by atoms with E-state index >= 15 is 0 Å². The highest BCUT2D eigenvalue weighted by molar-refractivity contribution is 7.89. The normalized spacial score (nSPS) is 18.9. The van der Waals surface area contributed by atoms with Gasteiger partial charge in [-0.05, 0) is 50.3 Å². The van der Waals surface area contributed by atoms with Crippen LogP contribution in [0, 0.1) is 12.8 Å². The maximum atomic E-state index is 12.4. The van der Waals surface area contributed by atoms with Crippen LogP contribution in [-0.2, 0) is 14.8 Å². The van der Waals surface area contributed by atoms with Gasteiger partial charge in [0.2, 0.25) is 10.0 Å². The van der Waals surface area contributed by atoms with Crippen LogP contribution in [0.15, 0.2) is 23.1 Å². The summed E-state index contributed by atoms with van der Waals surface area (Å²) >= 11 is 0. The summed E-state index contributed by atoms with van der Waals surface area (Å²) < 4.78 is 32.8. The van der Waals surface area contributed by atoms with Crippen molar-refractivity contribution in [2.24, 2.45) is 5.92 Å². The lowest BCUT2D eigenvalue weighted by Gasteiger charge is -2.28. The van der Waals surface area contributed by atoms with Crippen molar-refractivity contribution in [3.8, 4) is 0 Å². The minimum Gasteiger partial charge on any atom is -0.398 e. The fourth-order valence-corrected chi connectivity index (χ4v) is 3.76. The topological polar surface area (TPSA) is 81.4 Å². The summed E-state index contributed by atoms with van der Waals surface area (Å²) in [5.74, 6) is 0.321. The number of hydrogen-bond acceptors (Lipinski definition) is 4. The van der Waals surface area contributed by atoms with Gasteiger partial charge in [-0.25, -0.2) is 13.1 Å². The van der Waals surface area contributed by atoms with E-state index in [4.69, 9.17) is 10.5 Å². The summed E-state index contributed by atoms with van der Waals surface area (Å²) in [6.07, 6.45) is 1.78. The molecule has 2 rings (SSSR count). The number of sulfonamides is 1. The predicted molar refractivity (Wildman–Crippen MR) is 78.9 cm³/mol. The zero-order valence-corrected chi connectivity index (χ0v) is 12.7. The van der Waals surface area contributed by atoms with E-state index in [9.17, 15) is 8.42 Å². The zero-order chi connectivity index (χ0) is 14.8. The van der Waals surface area contributed by atoms with Crippen LogP contribution >= 0.6 is 0 Å². The first-order valence-corrected chi connectivity index (χ1v) is 8.34. The molecule has 6 heteroatoms. The highest BCUT2D eigenvalue weighted by atomic mass is 32.2. The molecule has 1 heterocycles. The largest absolute Gasteiger partial charge is 0.398 e. The molecule has 20 heavy (non-hydrogen) atoms. The third-order valence-electron chi connectivity index (χ3n) is 3.88. The molecule has 3 N–H and O–H groups in total. The van der Waals surface area contributed by atoms with Crippen molar-refractivity contribution in [1.82, 2.24) is 4.72 Å². The average molecular weight is 298 g/mol. The summed E-state index contributed by atoms with van der Waals surface area (Å²) in [6.45, 7) is 5.16. The van der Waals surface area contributed by atoms with Crippen molar-refractivity contribution >= 4 is 15.7 Å². The Morgan fingerprint density at radius 2 is 2.00 bits per heavy atom. The molecule has 1 fully saturated rings. The second-order valence-corrected chi connectivity index (χ2v) is 7.09. The number of rotatable bonds is 4. The summed E-state index contributed by atoms with van der Waals surface area (Å²) in [5, 5.41) is 0. The number of aryl methyl sites for hydroxylation is 1. The van der Waals surface area contributed by atoms with Gasteiger partial charge in [-0.15, -0.1) is 0 Å². The van der Waals surface area contributed by atoms with Crippen LogP contribution in [0.5, 0.6) is 0 Å². The minimum atomic E-state index is -3.52. The molecule has 1 atom stereocenters. The van der Waals surface area contributed by atoms with Crippen molar-refractivity contribution in [3.63, 3.8) is 0 Å². The Bertz CT molecular complexity index is 566. The number of nitrogens with two attached hydrogens (primary N) is 1. The molecule has 0 amide bonds. The molecule has 112 valence electrons. The molecule has 1 aliphatic heterocycles. The maximum Gasteiger partial charge on any atom is 0.240 e. The van der Waals surface area contributed by atoms with Gasteiger partial charge in [0.25, 0.3) is 0 Å². The lowest BCUT2D eigenvalue weighted by molar-refractivity contribution is 0.0585. The molecule has 1 aromatic carbocycles. The van der Waals surface area contributed by atoms with Gasteiger partial charge in [0.15, 0.2) is 0 Å². The van der Waals surface area contributed by atoms with E-state index in [0.29, 0.717) is 24.8 Å². The minimum absolute atomic E-state index is 0.105. The van der Waals surface area contributed by atoms with E-state index in [1.165, 1.54) is 6.07 Å². The first-order chi connectivity index (χ1) is 9.40. The molecule has 0 bridgehead atoms. The first-order valence-electron chi connectivity index (χ1n) is 6.86. The molecular formula is C14H22N2O3S. The van der Waals surface area contributed by atoms with Crippen LogP contribution in [0.1, 0.15) is 25.3 Å². The molecule has 0 aliphatic carbocycles. The Kier molecular flexibility index (Phi) is 4.67. The highest BCUT2D eigenvalue weighted by Crippen LogP contribution is 2.22. The second-order valence-electron chi connectivity index (χ2n) is 5.38. The van der Waals surface area contributed by atoms with Crippen LogP contribution in [0.25, 0.3) is 0 Å². The smallest absolute Gasteiger partial charge is 0.240 e. The Balaban J connectivity index is 2.11. The maximum absolute atomic E-state index is 12.4. The van der Waals surface area contributed by atoms with E-state index in [-0.39, 0.29) is 10.9 Å². The van der Waals surface area contributed by atoms with Crippen LogP contribution in [0.3, 0.4) is 0 Å². The quantitative estimate of drug-likeness (QED) is 0.829. The number of nitrogens with one attached hydrogen (secondary N) is 1. The van der Waals surface area contributed by atoms with Crippen molar-refractivity contribution in [3.05, 3.63) is 23.8 Å². The van der Waals surface area contributed by atoms with Crippen molar-refractivity contribution in [2.75, 3.05) is 18.9 Å². The summed E-state index contributed by atoms with van der Waals surface area (Å²) in [4.78, 5) is 0.222. The summed E-state index contributed by atoms with van der Waals surface area (Å²) in [7, 11) is -3.52. The first kappa shape index (κ1) is 15.3. The number of ether oxygens (including phenoxy) is 1. The van der Waals surface area contributed by atoms with Gasteiger partial charge < -0.3 is 10.5 Å². The van der Waals surface area contributed by atoms with Gasteiger partial charge in [0, 0.05) is 24.9 Å². The summed E-state index contributed by atoms with van der Waals surface area (Å²) in [5.41, 5.74) is 7.15. The van der Waals surface area contributed by atoms with E-state index in [0.717, 1.165) is 18.4 Å². The standard InChI is InChI=1S/C14H22N2O3S/c1-10-3-4-13(9-14(10)15)20(17,18)16-11(2)12-5-7-19-8-6-12/h3-4,9,11-12,16H,5-8,15H2,1-2H3. The Morgan fingerprint density at radius 1 is 1.35 bits per heavy atom. The molecule has 0 aromatic heterocycles. The van der Waals surface area contributed by atoms with Crippen LogP contribution in [0.4, 0.5) is 5.69 Å². The predicted octanol–water partition coefficient (Wildman–Crippen LogP) is 1.67. The van der Waals surface area contributed by atoms with Gasteiger partial charge >= 0.3 is 0 Å². The average Bonchev–Trinajstić information content (AvgIpc) is 2.42. The molecule has 5 nitrogen and oxygen atoms in total. The number of nitrogen functional groups attached to an aromatic ring is 1. The lowest BCUT2D eigenvalue weighted by atomic mass is 9.94. The van der Waals surface area contributed by atoms with Gasteiger partial charge in [-0.3, -0.25) is 0 Å². The monoisotopic (exact) mass is 298 g/mol. The SMILES string of the molecule is Cc1ccc(S(=O)(=O)NC(C)C2CCOCC2)cc1N. The zero-order valence-electron chi connectivity index (χ0n) is 11.9. The van der Waals surface area contributed by atoms with Gasteiger partial charge in [0.1, 0.15) is 0 Å². The third kappa shape index (κ3) is 3.50. The number of anilines is 1. The summed E-state index contributed by atoms with van der Waals surface area (Å²) in [6, 6.07) is 4.72. The van der Waals surface area contributed by atoms with Gasteiger partial charge in [-0.2, -0.15) is 0 Å². The molecular weight excluding hydrogens is 276 g/mol. The van der Waals surface area contributed by atoms with Crippen LogP contribution < -0.4 is 10.5 Å². The van der Waals surface area contributed by atoms with E-state index in [1.54, 1.807) is 12.1 Å². The Labute approximate surface area is 120 Å². The molecule has 0 spiro atoms. The molecule has 0 radical (unpaired) electrons. The van der Waals surface area contributed by atoms with Crippen molar-refractivity contribution in [1.29, 1.82) is 0 Å². The number of hydrogen-bond donors (Lipinski definition) is 2. The molecule has 0 saturated carbocycles. The Hall–Kier alpha value is -1.11. The fourth-order valence-electron chi connectivity index (χ4n) is 2.41. The molecule has 1 saturated heterocycles. The van der Waals surface area contributed by atoms with Gasteiger partial charge in [0.05, 0.1) is 4.90 Å².